The highest BCUT2D eigenvalue weighted by atomic mass is 16.5. The lowest BCUT2D eigenvalue weighted by Crippen LogP contribution is -2.72. The summed E-state index contributed by atoms with van der Waals surface area (Å²) < 4.78 is 5.22. The molecule has 0 bridgehead atoms. The largest absolute Gasteiger partial charge is 0.445 e. The number of unbranched alkanes of at least 4 members (excludes halogenated alkanes) is 1. The molecule has 2 aromatic carbocycles. The summed E-state index contributed by atoms with van der Waals surface area (Å²) in [6.07, 6.45) is 3.83. The van der Waals surface area contributed by atoms with Gasteiger partial charge in [-0.1, -0.05) is 60.7 Å². The van der Waals surface area contributed by atoms with Crippen LogP contribution in [0.2, 0.25) is 0 Å². The Balaban J connectivity index is 1.18. The van der Waals surface area contributed by atoms with Crippen molar-refractivity contribution in [1.29, 1.82) is 0 Å². The molecule has 8 heteroatoms. The Labute approximate surface area is 225 Å². The minimum absolute atomic E-state index is 0.0139. The van der Waals surface area contributed by atoms with Crippen LogP contribution in [-0.2, 0) is 27.4 Å². The number of benzene rings is 2. The van der Waals surface area contributed by atoms with Gasteiger partial charge in [0.15, 0.2) is 0 Å². The van der Waals surface area contributed by atoms with Crippen molar-refractivity contribution in [2.24, 2.45) is 0 Å². The maximum Gasteiger partial charge on any atom is 0.407 e. The molecule has 38 heavy (non-hydrogen) atoms. The van der Waals surface area contributed by atoms with Crippen LogP contribution in [0.4, 0.5) is 4.79 Å². The number of alkyl carbamates (subject to hydrolysis) is 1. The summed E-state index contributed by atoms with van der Waals surface area (Å²) in [5, 5.41) is 5.79. The fourth-order valence-corrected chi connectivity index (χ4v) is 5.54. The van der Waals surface area contributed by atoms with Crippen molar-refractivity contribution in [2.45, 2.75) is 63.6 Å². The molecule has 1 atom stereocenters. The van der Waals surface area contributed by atoms with Crippen molar-refractivity contribution in [2.75, 3.05) is 32.7 Å². The number of amides is 3. The number of nitrogens with one attached hydrogen (secondary N) is 2. The van der Waals surface area contributed by atoms with Crippen LogP contribution in [0.5, 0.6) is 0 Å². The van der Waals surface area contributed by atoms with E-state index >= 15 is 0 Å². The number of ether oxygens (including phenoxy) is 1. The van der Waals surface area contributed by atoms with E-state index in [4.69, 9.17) is 4.74 Å². The summed E-state index contributed by atoms with van der Waals surface area (Å²) in [6.45, 7) is 5.75. The van der Waals surface area contributed by atoms with Gasteiger partial charge in [0, 0.05) is 32.7 Å². The van der Waals surface area contributed by atoms with E-state index < -0.39 is 17.7 Å². The van der Waals surface area contributed by atoms with Crippen molar-refractivity contribution in [1.82, 2.24) is 20.4 Å². The summed E-state index contributed by atoms with van der Waals surface area (Å²) >= 11 is 0. The fourth-order valence-electron chi connectivity index (χ4n) is 5.54. The van der Waals surface area contributed by atoms with Gasteiger partial charge in [-0.3, -0.25) is 9.59 Å². The Morgan fingerprint density at radius 2 is 1.66 bits per heavy atom. The number of carbonyl (C=O) groups excluding carboxylic acids is 3. The number of hydrogen-bond donors (Lipinski definition) is 2. The maximum atomic E-state index is 13.4. The lowest BCUT2D eigenvalue weighted by atomic mass is 9.81. The zero-order valence-corrected chi connectivity index (χ0v) is 22.4. The third kappa shape index (κ3) is 6.92. The molecule has 2 saturated heterocycles. The number of piperazine rings is 1. The zero-order chi connectivity index (χ0) is 26.8. The van der Waals surface area contributed by atoms with Crippen LogP contribution >= 0.6 is 0 Å². The number of likely N-dealkylation sites (N-methyl/N-ethyl adjacent to an activating group) is 1. The highest BCUT2D eigenvalue weighted by molar-refractivity contribution is 6.00. The van der Waals surface area contributed by atoms with Gasteiger partial charge in [-0.05, 0) is 56.6 Å². The molecule has 2 N–H and O–H groups in total. The van der Waals surface area contributed by atoms with Gasteiger partial charge >= 0.3 is 6.09 Å². The van der Waals surface area contributed by atoms with E-state index in [0.717, 1.165) is 31.6 Å². The molecule has 2 aromatic rings. The molecular formula is C30H40N4O4. The van der Waals surface area contributed by atoms with Crippen LogP contribution in [0.25, 0.3) is 0 Å². The Kier molecular flexibility index (Phi) is 9.76. The van der Waals surface area contributed by atoms with Crippen LogP contribution in [0.1, 0.15) is 50.2 Å². The summed E-state index contributed by atoms with van der Waals surface area (Å²) in [5.74, 6) is -0.00524. The van der Waals surface area contributed by atoms with E-state index in [1.54, 1.807) is 0 Å². The lowest BCUT2D eigenvalue weighted by molar-refractivity contribution is -0.161. The average molecular weight is 521 g/mol. The summed E-state index contributed by atoms with van der Waals surface area (Å²) in [7, 11) is 0. The molecule has 8 nitrogen and oxygen atoms in total. The van der Waals surface area contributed by atoms with Crippen molar-refractivity contribution in [3.05, 3.63) is 71.8 Å². The van der Waals surface area contributed by atoms with E-state index in [9.17, 15) is 14.4 Å². The van der Waals surface area contributed by atoms with E-state index in [1.807, 2.05) is 48.2 Å². The monoisotopic (exact) mass is 520 g/mol. The number of piperidine rings is 1. The van der Waals surface area contributed by atoms with Crippen LogP contribution in [-0.4, -0.2) is 72.0 Å². The van der Waals surface area contributed by atoms with Gasteiger partial charge in [0.25, 0.3) is 0 Å². The van der Waals surface area contributed by atoms with Gasteiger partial charge in [0.05, 0.1) is 0 Å². The Morgan fingerprint density at radius 1 is 1.00 bits per heavy atom. The summed E-state index contributed by atoms with van der Waals surface area (Å²) in [4.78, 5) is 42.9. The molecule has 2 fully saturated rings. The molecule has 3 amide bonds. The third-order valence-corrected chi connectivity index (χ3v) is 7.77. The fraction of sp³-hybridized carbons (Fsp3) is 0.500. The molecule has 0 saturated carbocycles. The van der Waals surface area contributed by atoms with E-state index in [-0.39, 0.29) is 18.4 Å². The average Bonchev–Trinajstić information content (AvgIpc) is 2.95. The van der Waals surface area contributed by atoms with Crippen LogP contribution in [0.15, 0.2) is 60.7 Å². The molecule has 0 radical (unpaired) electrons. The number of nitrogens with zero attached hydrogens (tertiary/aromatic N) is 2. The molecule has 4 rings (SSSR count). The lowest BCUT2D eigenvalue weighted by Gasteiger charge is -2.51. The minimum Gasteiger partial charge on any atom is -0.445 e. The van der Waals surface area contributed by atoms with Gasteiger partial charge in [0.2, 0.25) is 11.8 Å². The normalized spacial score (nSPS) is 19.3. The topological polar surface area (TPSA) is 91.0 Å². The molecule has 204 valence electrons. The second-order valence-electron chi connectivity index (χ2n) is 10.2. The second-order valence-corrected chi connectivity index (χ2v) is 10.2. The second kappa shape index (κ2) is 13.4. The maximum absolute atomic E-state index is 13.4. The Morgan fingerprint density at radius 3 is 2.32 bits per heavy atom. The first-order chi connectivity index (χ1) is 18.5. The molecule has 0 unspecified atom stereocenters. The number of hydrogen-bond acceptors (Lipinski definition) is 5. The molecule has 0 aromatic heterocycles. The van der Waals surface area contributed by atoms with Gasteiger partial charge in [-0.15, -0.1) is 0 Å². The predicted molar refractivity (Wildman–Crippen MR) is 146 cm³/mol. The summed E-state index contributed by atoms with van der Waals surface area (Å²) in [6, 6.07) is 19.5. The minimum atomic E-state index is -0.740. The third-order valence-electron chi connectivity index (χ3n) is 7.77. The van der Waals surface area contributed by atoms with Crippen LogP contribution in [0.3, 0.4) is 0 Å². The Bertz CT molecular complexity index is 1050. The van der Waals surface area contributed by atoms with Crippen molar-refractivity contribution in [3.8, 4) is 0 Å². The van der Waals surface area contributed by atoms with Gasteiger partial charge in [-0.25, -0.2) is 4.79 Å². The van der Waals surface area contributed by atoms with E-state index in [1.165, 1.54) is 5.56 Å². The predicted octanol–water partition coefficient (Wildman–Crippen LogP) is 3.51. The number of rotatable bonds is 11. The first-order valence-electron chi connectivity index (χ1n) is 13.8. The first kappa shape index (κ1) is 27.6. The van der Waals surface area contributed by atoms with E-state index in [2.05, 4.69) is 39.8 Å². The molecule has 2 heterocycles. The Hall–Kier alpha value is -3.39. The van der Waals surface area contributed by atoms with E-state index in [0.29, 0.717) is 45.2 Å². The van der Waals surface area contributed by atoms with Crippen molar-refractivity contribution < 1.29 is 19.1 Å². The van der Waals surface area contributed by atoms with Gasteiger partial charge in [-0.2, -0.15) is 0 Å². The standard InChI is InChI=1S/C30H40N4O4/c1-2-34-27(35)26(15-9-10-19-31-29(37)38-23-25-13-7-4-8-14-25)32-28(36)30(34)17-21-33(22-18-30)20-16-24-11-5-3-6-12-24/h3-8,11-14,26H,2,9-10,15-23H2,1H3,(H,31,37)(H,32,36)/t26-/m0/s1. The van der Waals surface area contributed by atoms with Crippen molar-refractivity contribution in [3.63, 3.8) is 0 Å². The summed E-state index contributed by atoms with van der Waals surface area (Å²) in [5.41, 5.74) is 1.51. The SMILES string of the molecule is CCN1C(=O)[C@H](CCCCNC(=O)OCc2ccccc2)NC(=O)C12CCN(CCc1ccccc1)CC2. The van der Waals surface area contributed by atoms with Crippen LogP contribution in [0, 0.1) is 0 Å². The number of likely N-dealkylation sites (tertiary alicyclic amines) is 1. The molecular weight excluding hydrogens is 480 g/mol. The van der Waals surface area contributed by atoms with Gasteiger partial charge in [0.1, 0.15) is 18.2 Å². The molecule has 2 aliphatic heterocycles. The quantitative estimate of drug-likeness (QED) is 0.443. The van der Waals surface area contributed by atoms with Crippen LogP contribution < -0.4 is 10.6 Å². The molecule has 2 aliphatic rings. The highest BCUT2D eigenvalue weighted by Crippen LogP contribution is 2.33. The molecule has 1 spiro atoms. The van der Waals surface area contributed by atoms with Crippen molar-refractivity contribution >= 4 is 17.9 Å². The molecule has 0 aliphatic carbocycles. The first-order valence-corrected chi connectivity index (χ1v) is 13.8. The van der Waals surface area contributed by atoms with Gasteiger partial charge < -0.3 is 25.2 Å². The zero-order valence-electron chi connectivity index (χ0n) is 22.4. The number of carbonyl (C=O) groups is 3. The smallest absolute Gasteiger partial charge is 0.407 e. The highest BCUT2D eigenvalue weighted by Gasteiger charge is 2.52.